The Morgan fingerprint density at radius 1 is 1.50 bits per heavy atom. The molecule has 1 unspecified atom stereocenters. The topological polar surface area (TPSA) is 48.1 Å². The Bertz CT molecular complexity index is 591. The van der Waals surface area contributed by atoms with Crippen molar-refractivity contribution in [2.45, 2.75) is 25.8 Å². The molecule has 0 bridgehead atoms. The molecule has 1 aromatic heterocycles. The fourth-order valence-corrected chi connectivity index (χ4v) is 3.45. The minimum absolute atomic E-state index is 0.0645. The maximum Gasteiger partial charge on any atom is 0.119 e. The fourth-order valence-electron chi connectivity index (χ4n) is 2.26. The number of nitrogens with zero attached hydrogens (tertiary/aromatic N) is 1. The van der Waals surface area contributed by atoms with E-state index in [1.54, 1.807) is 18.4 Å². The lowest BCUT2D eigenvalue weighted by Crippen LogP contribution is -2.07. The van der Waals surface area contributed by atoms with Crippen molar-refractivity contribution >= 4 is 11.3 Å². The van der Waals surface area contributed by atoms with Gasteiger partial charge in [0.25, 0.3) is 0 Å². The Morgan fingerprint density at radius 3 is 3.06 bits per heavy atom. The number of ether oxygens (including phenoxy) is 1. The van der Waals surface area contributed by atoms with Crippen molar-refractivity contribution in [3.8, 4) is 17.0 Å². The number of hydrogen-bond acceptors (Lipinski definition) is 4. The smallest absolute Gasteiger partial charge is 0.119 e. The summed E-state index contributed by atoms with van der Waals surface area (Å²) in [6.45, 7) is 2.09. The highest BCUT2D eigenvalue weighted by atomic mass is 32.1. The molecule has 2 aromatic rings. The molecule has 3 nitrogen and oxygen atoms in total. The Hall–Kier alpha value is -1.39. The zero-order valence-electron chi connectivity index (χ0n) is 10.6. The van der Waals surface area contributed by atoms with Gasteiger partial charge < -0.3 is 10.5 Å². The second-order valence-electron chi connectivity index (χ2n) is 4.54. The van der Waals surface area contributed by atoms with Gasteiger partial charge in [0.05, 0.1) is 18.8 Å². The predicted molar refractivity (Wildman–Crippen MR) is 74.1 cm³/mol. The van der Waals surface area contributed by atoms with Gasteiger partial charge in [-0.3, -0.25) is 0 Å². The molecule has 0 spiro atoms. The first-order valence-electron chi connectivity index (χ1n) is 6.15. The zero-order chi connectivity index (χ0) is 12.7. The maximum atomic E-state index is 6.05. The van der Waals surface area contributed by atoms with E-state index in [0.717, 1.165) is 29.3 Å². The number of nitrogens with two attached hydrogens (primary N) is 1. The first kappa shape index (κ1) is 11.7. The van der Waals surface area contributed by atoms with Crippen LogP contribution in [0.25, 0.3) is 11.3 Å². The van der Waals surface area contributed by atoms with Crippen molar-refractivity contribution in [3.63, 3.8) is 0 Å². The fraction of sp³-hybridized carbons (Fsp3) is 0.357. The number of fused-ring (bicyclic) bond motifs is 3. The van der Waals surface area contributed by atoms with Crippen molar-refractivity contribution in [1.82, 2.24) is 4.98 Å². The molecule has 0 radical (unpaired) electrons. The van der Waals surface area contributed by atoms with Crippen LogP contribution in [0, 0.1) is 0 Å². The lowest BCUT2D eigenvalue weighted by atomic mass is 10.1. The molecule has 3 rings (SSSR count). The molecule has 18 heavy (non-hydrogen) atoms. The molecule has 0 saturated heterocycles. The summed E-state index contributed by atoms with van der Waals surface area (Å²) < 4.78 is 5.28. The quantitative estimate of drug-likeness (QED) is 0.787. The highest BCUT2D eigenvalue weighted by molar-refractivity contribution is 7.12. The molecule has 1 atom stereocenters. The molecule has 0 saturated carbocycles. The minimum Gasteiger partial charge on any atom is -0.497 e. The van der Waals surface area contributed by atoms with E-state index in [-0.39, 0.29) is 6.04 Å². The number of hydrogen-bond donors (Lipinski definition) is 1. The second-order valence-corrected chi connectivity index (χ2v) is 5.65. The summed E-state index contributed by atoms with van der Waals surface area (Å²) >= 11 is 1.75. The van der Waals surface area contributed by atoms with Gasteiger partial charge in [0.15, 0.2) is 0 Å². The summed E-state index contributed by atoms with van der Waals surface area (Å²) in [7, 11) is 1.69. The van der Waals surface area contributed by atoms with Crippen LogP contribution in [0.5, 0.6) is 5.75 Å². The Kier molecular flexibility index (Phi) is 2.84. The standard InChI is InChI=1S/C14H16N2OS/c1-3-11(15)14-16-13-10-7-9(17-2)5-4-8(10)6-12(13)18-14/h4-5,7,11H,3,6,15H2,1-2H3. The van der Waals surface area contributed by atoms with Gasteiger partial charge >= 0.3 is 0 Å². The van der Waals surface area contributed by atoms with Crippen molar-refractivity contribution in [3.05, 3.63) is 33.6 Å². The number of aromatic nitrogens is 1. The van der Waals surface area contributed by atoms with E-state index in [1.807, 2.05) is 6.07 Å². The number of rotatable bonds is 3. The molecule has 94 valence electrons. The third kappa shape index (κ3) is 1.72. The first-order valence-corrected chi connectivity index (χ1v) is 6.97. The lowest BCUT2D eigenvalue weighted by Gasteiger charge is -2.05. The Balaban J connectivity index is 2.05. The van der Waals surface area contributed by atoms with Gasteiger partial charge in [0.2, 0.25) is 0 Å². The summed E-state index contributed by atoms with van der Waals surface area (Å²) in [5.41, 5.74) is 9.70. The molecule has 2 N–H and O–H groups in total. The molecular weight excluding hydrogens is 244 g/mol. The van der Waals surface area contributed by atoms with E-state index in [1.165, 1.54) is 16.0 Å². The van der Waals surface area contributed by atoms with Crippen LogP contribution >= 0.6 is 11.3 Å². The maximum absolute atomic E-state index is 6.05. The van der Waals surface area contributed by atoms with Crippen LogP contribution in [0.1, 0.15) is 34.8 Å². The van der Waals surface area contributed by atoms with Crippen LogP contribution in [0.15, 0.2) is 18.2 Å². The van der Waals surface area contributed by atoms with Crippen LogP contribution in [-0.2, 0) is 6.42 Å². The van der Waals surface area contributed by atoms with Gasteiger partial charge in [-0.1, -0.05) is 13.0 Å². The van der Waals surface area contributed by atoms with Crippen LogP contribution < -0.4 is 10.5 Å². The van der Waals surface area contributed by atoms with Gasteiger partial charge in [0, 0.05) is 16.9 Å². The summed E-state index contributed by atoms with van der Waals surface area (Å²) in [5.74, 6) is 0.885. The van der Waals surface area contributed by atoms with E-state index in [9.17, 15) is 0 Å². The normalized spacial score (nSPS) is 14.2. The van der Waals surface area contributed by atoms with E-state index < -0.39 is 0 Å². The molecular formula is C14H16N2OS. The average molecular weight is 260 g/mol. The van der Waals surface area contributed by atoms with Crippen LogP contribution in [0.3, 0.4) is 0 Å². The molecule has 0 aliphatic heterocycles. The largest absolute Gasteiger partial charge is 0.497 e. The van der Waals surface area contributed by atoms with E-state index in [4.69, 9.17) is 15.5 Å². The molecule has 1 heterocycles. The molecule has 0 fully saturated rings. The van der Waals surface area contributed by atoms with Gasteiger partial charge in [-0.25, -0.2) is 4.98 Å². The molecule has 1 aliphatic carbocycles. The number of benzene rings is 1. The van der Waals surface area contributed by atoms with Gasteiger partial charge in [-0.2, -0.15) is 0 Å². The van der Waals surface area contributed by atoms with Crippen molar-refractivity contribution in [2.75, 3.05) is 7.11 Å². The van der Waals surface area contributed by atoms with Gasteiger partial charge in [0.1, 0.15) is 10.8 Å². The molecule has 4 heteroatoms. The summed E-state index contributed by atoms with van der Waals surface area (Å²) in [4.78, 5) is 6.05. The van der Waals surface area contributed by atoms with Crippen LogP contribution in [-0.4, -0.2) is 12.1 Å². The summed E-state index contributed by atoms with van der Waals surface area (Å²) in [5, 5.41) is 1.05. The molecule has 1 aliphatic rings. The van der Waals surface area contributed by atoms with E-state index >= 15 is 0 Å². The highest BCUT2D eigenvalue weighted by Gasteiger charge is 2.25. The highest BCUT2D eigenvalue weighted by Crippen LogP contribution is 2.42. The third-order valence-electron chi connectivity index (χ3n) is 3.39. The third-order valence-corrected chi connectivity index (χ3v) is 4.58. The Labute approximate surface area is 111 Å². The average Bonchev–Trinajstić information content (AvgIpc) is 2.94. The zero-order valence-corrected chi connectivity index (χ0v) is 11.4. The lowest BCUT2D eigenvalue weighted by molar-refractivity contribution is 0.415. The number of methoxy groups -OCH3 is 1. The number of thiazole rings is 1. The summed E-state index contributed by atoms with van der Waals surface area (Å²) in [6.07, 6.45) is 1.90. The Morgan fingerprint density at radius 2 is 2.33 bits per heavy atom. The van der Waals surface area contributed by atoms with Crippen LogP contribution in [0.2, 0.25) is 0 Å². The second kappa shape index (κ2) is 4.37. The van der Waals surface area contributed by atoms with Crippen molar-refractivity contribution in [2.24, 2.45) is 5.73 Å². The van der Waals surface area contributed by atoms with Gasteiger partial charge in [-0.05, 0) is 24.1 Å². The minimum atomic E-state index is 0.0645. The van der Waals surface area contributed by atoms with Gasteiger partial charge in [-0.15, -0.1) is 11.3 Å². The van der Waals surface area contributed by atoms with E-state index in [0.29, 0.717) is 0 Å². The van der Waals surface area contributed by atoms with Crippen molar-refractivity contribution in [1.29, 1.82) is 0 Å². The SMILES string of the molecule is CCC(N)c1nc2c(s1)Cc1ccc(OC)cc1-2. The van der Waals surface area contributed by atoms with Crippen molar-refractivity contribution < 1.29 is 4.74 Å². The van der Waals surface area contributed by atoms with E-state index in [2.05, 4.69) is 19.1 Å². The van der Waals surface area contributed by atoms with Crippen LogP contribution in [0.4, 0.5) is 0 Å². The monoisotopic (exact) mass is 260 g/mol. The summed E-state index contributed by atoms with van der Waals surface area (Å²) in [6, 6.07) is 6.27. The molecule has 0 amide bonds. The molecule has 1 aromatic carbocycles. The first-order chi connectivity index (χ1) is 8.72. The predicted octanol–water partition coefficient (Wildman–Crippen LogP) is 3.13.